The molecule has 1 aromatic heterocycles. The molecule has 0 spiro atoms. The molecule has 1 heterocycles. The Kier molecular flexibility index (Phi) is 10.5. The van der Waals surface area contributed by atoms with E-state index < -0.39 is 0 Å². The zero-order chi connectivity index (χ0) is 13.7. The van der Waals surface area contributed by atoms with Crippen molar-refractivity contribution in [3.05, 3.63) is 18.0 Å². The Labute approximate surface area is 119 Å². The number of hydrogen-bond donors (Lipinski definition) is 2. The number of aliphatic imine (C=N–C) groups is 1. The van der Waals surface area contributed by atoms with Crippen molar-refractivity contribution in [1.29, 1.82) is 0 Å². The second-order valence-electron chi connectivity index (χ2n) is 6.08. The van der Waals surface area contributed by atoms with E-state index in [2.05, 4.69) is 36.0 Å². The van der Waals surface area contributed by atoms with Gasteiger partial charge in [0.05, 0.1) is 5.84 Å². The van der Waals surface area contributed by atoms with Gasteiger partial charge in [-0.1, -0.05) is 56.4 Å². The van der Waals surface area contributed by atoms with Crippen molar-refractivity contribution in [2.75, 3.05) is 7.05 Å². The predicted molar refractivity (Wildman–Crippen MR) is 87.8 cm³/mol. The van der Waals surface area contributed by atoms with E-state index in [-0.39, 0.29) is 25.7 Å². The smallest absolute Gasteiger partial charge is 0.0987 e. The molecule has 0 bridgehead atoms. The van der Waals surface area contributed by atoms with Crippen molar-refractivity contribution in [2.45, 2.75) is 61.8 Å². The summed E-state index contributed by atoms with van der Waals surface area (Å²) in [5, 5.41) is 6.79. The Morgan fingerprint density at radius 3 is 1.74 bits per heavy atom. The Balaban J connectivity index is -0.000000246. The first kappa shape index (κ1) is 22.8. The van der Waals surface area contributed by atoms with Crippen LogP contribution in [-0.2, 0) is 5.41 Å². The van der Waals surface area contributed by atoms with Gasteiger partial charge < -0.3 is 5.73 Å². The van der Waals surface area contributed by atoms with Gasteiger partial charge in [-0.25, -0.2) is 0 Å². The third-order valence-electron chi connectivity index (χ3n) is 2.32. The van der Waals surface area contributed by atoms with E-state index in [4.69, 9.17) is 5.73 Å². The first-order chi connectivity index (χ1) is 7.59. The standard InChI is InChI=1S/C7H12N2.C6H14N2.2CH4/c1-7(2,3)6-4-5-8-9-6;1-6(2,3)5(7)8-4;;/h4-5H,1-3H3,(H,8,9);1-4H3,(H2,7,8);2*1H4. The molecule has 0 amide bonds. The van der Waals surface area contributed by atoms with Crippen LogP contribution in [0.2, 0.25) is 0 Å². The van der Waals surface area contributed by atoms with E-state index in [0.29, 0.717) is 5.84 Å². The van der Waals surface area contributed by atoms with Gasteiger partial charge in [-0.15, -0.1) is 0 Å². The SMILES string of the molecule is C.C.CC(C)(C)c1ccn[nH]1.CN=C(N)C(C)(C)C. The summed E-state index contributed by atoms with van der Waals surface area (Å²) in [7, 11) is 1.71. The summed E-state index contributed by atoms with van der Waals surface area (Å²) in [6.07, 6.45) is 1.78. The average Bonchev–Trinajstić information content (AvgIpc) is 2.68. The minimum atomic E-state index is 0. The molecule has 4 heteroatoms. The summed E-state index contributed by atoms with van der Waals surface area (Å²) >= 11 is 0. The molecule has 0 aliphatic carbocycles. The number of aromatic amines is 1. The summed E-state index contributed by atoms with van der Waals surface area (Å²) < 4.78 is 0. The van der Waals surface area contributed by atoms with Gasteiger partial charge in [-0.05, 0) is 6.07 Å². The molecule has 19 heavy (non-hydrogen) atoms. The highest BCUT2D eigenvalue weighted by atomic mass is 15.1. The van der Waals surface area contributed by atoms with Crippen molar-refractivity contribution in [3.63, 3.8) is 0 Å². The van der Waals surface area contributed by atoms with Crippen LogP contribution in [0.5, 0.6) is 0 Å². The van der Waals surface area contributed by atoms with Gasteiger partial charge in [0.1, 0.15) is 0 Å². The van der Waals surface area contributed by atoms with E-state index in [0.717, 1.165) is 0 Å². The van der Waals surface area contributed by atoms with Crippen molar-refractivity contribution in [3.8, 4) is 0 Å². The number of nitrogens with zero attached hydrogens (tertiary/aromatic N) is 2. The fourth-order valence-electron chi connectivity index (χ4n) is 1.01. The lowest BCUT2D eigenvalue weighted by atomic mass is 9.93. The molecule has 3 N–H and O–H groups in total. The van der Waals surface area contributed by atoms with Crippen LogP contribution in [0.15, 0.2) is 17.3 Å². The van der Waals surface area contributed by atoms with Crippen LogP contribution < -0.4 is 5.73 Å². The molecule has 0 saturated heterocycles. The van der Waals surface area contributed by atoms with Crippen LogP contribution in [0, 0.1) is 5.41 Å². The van der Waals surface area contributed by atoms with Crippen molar-refractivity contribution in [1.82, 2.24) is 10.2 Å². The highest BCUT2D eigenvalue weighted by Crippen LogP contribution is 2.18. The lowest BCUT2D eigenvalue weighted by Gasteiger charge is -2.15. The van der Waals surface area contributed by atoms with Crippen LogP contribution in [0.4, 0.5) is 0 Å². The van der Waals surface area contributed by atoms with E-state index in [1.165, 1.54) is 5.69 Å². The number of H-pyrrole nitrogens is 1. The molecule has 0 saturated carbocycles. The van der Waals surface area contributed by atoms with Gasteiger partial charge in [-0.3, -0.25) is 10.1 Å². The predicted octanol–water partition coefficient (Wildman–Crippen LogP) is 4.00. The minimum Gasteiger partial charge on any atom is -0.387 e. The van der Waals surface area contributed by atoms with Crippen LogP contribution in [-0.4, -0.2) is 23.1 Å². The molecule has 0 unspecified atom stereocenters. The van der Waals surface area contributed by atoms with Crippen LogP contribution in [0.1, 0.15) is 62.1 Å². The zero-order valence-electron chi connectivity index (χ0n) is 12.1. The number of aromatic nitrogens is 2. The Bertz CT molecular complexity index is 337. The van der Waals surface area contributed by atoms with Crippen molar-refractivity contribution < 1.29 is 0 Å². The fraction of sp³-hybridized carbons (Fsp3) is 0.733. The van der Waals surface area contributed by atoms with Crippen molar-refractivity contribution in [2.24, 2.45) is 16.1 Å². The number of amidine groups is 1. The molecule has 0 aromatic carbocycles. The summed E-state index contributed by atoms with van der Waals surface area (Å²) in [6.45, 7) is 12.6. The molecule has 4 nitrogen and oxygen atoms in total. The van der Waals surface area contributed by atoms with Gasteiger partial charge in [-0.2, -0.15) is 5.10 Å². The van der Waals surface area contributed by atoms with Gasteiger partial charge >= 0.3 is 0 Å². The number of hydrogen-bond acceptors (Lipinski definition) is 2. The monoisotopic (exact) mass is 270 g/mol. The number of rotatable bonds is 0. The zero-order valence-corrected chi connectivity index (χ0v) is 12.1. The molecule has 1 aromatic rings. The van der Waals surface area contributed by atoms with E-state index in [1.54, 1.807) is 13.2 Å². The number of nitrogens with two attached hydrogens (primary N) is 1. The lowest BCUT2D eigenvalue weighted by Crippen LogP contribution is -2.28. The number of nitrogens with one attached hydrogen (secondary N) is 1. The maximum atomic E-state index is 5.50. The third kappa shape index (κ3) is 9.28. The molecular formula is C15H34N4. The molecule has 0 radical (unpaired) electrons. The summed E-state index contributed by atoms with van der Waals surface area (Å²) in [5.74, 6) is 0.706. The second-order valence-corrected chi connectivity index (χ2v) is 6.08. The molecule has 1 rings (SSSR count). The summed E-state index contributed by atoms with van der Waals surface area (Å²) in [5.41, 5.74) is 6.92. The molecule has 0 aliphatic heterocycles. The fourth-order valence-corrected chi connectivity index (χ4v) is 1.01. The average molecular weight is 270 g/mol. The normalized spacial score (nSPS) is 11.6. The molecule has 114 valence electrons. The van der Waals surface area contributed by atoms with Gasteiger partial charge in [0, 0.05) is 29.8 Å². The van der Waals surface area contributed by atoms with Crippen LogP contribution in [0.3, 0.4) is 0 Å². The maximum Gasteiger partial charge on any atom is 0.0987 e. The lowest BCUT2D eigenvalue weighted by molar-refractivity contribution is 0.567. The first-order valence-corrected chi connectivity index (χ1v) is 5.81. The molecule has 0 atom stereocenters. The highest BCUT2D eigenvalue weighted by molar-refractivity contribution is 5.85. The van der Waals surface area contributed by atoms with Crippen molar-refractivity contribution >= 4 is 5.84 Å². The Morgan fingerprint density at radius 1 is 1.16 bits per heavy atom. The Morgan fingerprint density at radius 2 is 1.63 bits per heavy atom. The van der Waals surface area contributed by atoms with Gasteiger partial charge in [0.15, 0.2) is 0 Å². The largest absolute Gasteiger partial charge is 0.387 e. The summed E-state index contributed by atoms with van der Waals surface area (Å²) in [6, 6.07) is 2.00. The summed E-state index contributed by atoms with van der Waals surface area (Å²) in [4.78, 5) is 3.85. The maximum absolute atomic E-state index is 5.50. The quantitative estimate of drug-likeness (QED) is 0.552. The molecular weight excluding hydrogens is 236 g/mol. The van der Waals surface area contributed by atoms with E-state index in [9.17, 15) is 0 Å². The topological polar surface area (TPSA) is 67.1 Å². The van der Waals surface area contributed by atoms with E-state index >= 15 is 0 Å². The highest BCUT2D eigenvalue weighted by Gasteiger charge is 2.14. The van der Waals surface area contributed by atoms with Gasteiger partial charge in [0.2, 0.25) is 0 Å². The van der Waals surface area contributed by atoms with Crippen LogP contribution >= 0.6 is 0 Å². The molecule has 0 aliphatic rings. The van der Waals surface area contributed by atoms with Crippen LogP contribution in [0.25, 0.3) is 0 Å². The first-order valence-electron chi connectivity index (χ1n) is 5.81. The van der Waals surface area contributed by atoms with E-state index in [1.807, 2.05) is 26.8 Å². The second kappa shape index (κ2) is 8.73. The molecule has 0 fully saturated rings. The van der Waals surface area contributed by atoms with Gasteiger partial charge in [0.25, 0.3) is 0 Å². The third-order valence-corrected chi connectivity index (χ3v) is 2.32. The Hall–Kier alpha value is -1.32. The minimum absolute atomic E-state index is 0.